The Labute approximate surface area is 86.0 Å². The Morgan fingerprint density at radius 2 is 2.08 bits per heavy atom. The predicted molar refractivity (Wildman–Crippen MR) is 54.4 cm³/mol. The summed E-state index contributed by atoms with van der Waals surface area (Å²) in [5, 5.41) is 0.720. The molecular formula is C8H8Cl2N2O. The van der Waals surface area contributed by atoms with Gasteiger partial charge in [0.05, 0.1) is 15.7 Å². The third kappa shape index (κ3) is 2.05. The molecule has 0 aliphatic carbocycles. The zero-order valence-corrected chi connectivity index (χ0v) is 8.43. The lowest BCUT2D eigenvalue weighted by Crippen LogP contribution is -2.31. The van der Waals surface area contributed by atoms with E-state index >= 15 is 0 Å². The Morgan fingerprint density at radius 1 is 1.46 bits per heavy atom. The molecule has 0 unspecified atom stereocenters. The summed E-state index contributed by atoms with van der Waals surface area (Å²) < 4.78 is 0. The van der Waals surface area contributed by atoms with Crippen LogP contribution in [-0.4, -0.2) is 13.1 Å². The van der Waals surface area contributed by atoms with Crippen molar-refractivity contribution < 1.29 is 4.79 Å². The number of rotatable bonds is 1. The van der Waals surface area contributed by atoms with Crippen molar-refractivity contribution in [2.75, 3.05) is 11.9 Å². The highest BCUT2D eigenvalue weighted by atomic mass is 35.5. The summed E-state index contributed by atoms with van der Waals surface area (Å²) in [6.07, 6.45) is 0. The quantitative estimate of drug-likeness (QED) is 0.774. The number of amides is 2. The van der Waals surface area contributed by atoms with Crippen molar-refractivity contribution in [2.45, 2.75) is 0 Å². The molecule has 1 rings (SSSR count). The van der Waals surface area contributed by atoms with E-state index in [4.69, 9.17) is 28.9 Å². The van der Waals surface area contributed by atoms with E-state index < -0.39 is 6.03 Å². The van der Waals surface area contributed by atoms with Crippen LogP contribution in [0.15, 0.2) is 18.2 Å². The lowest BCUT2D eigenvalue weighted by molar-refractivity contribution is 0.255. The van der Waals surface area contributed by atoms with Crippen LogP contribution in [0.25, 0.3) is 0 Å². The fourth-order valence-electron chi connectivity index (χ4n) is 0.870. The average molecular weight is 219 g/mol. The number of benzene rings is 1. The molecule has 1 aromatic carbocycles. The number of hydrogen-bond donors (Lipinski definition) is 1. The van der Waals surface area contributed by atoms with Crippen LogP contribution in [0.1, 0.15) is 0 Å². The molecule has 0 saturated heterocycles. The second kappa shape index (κ2) is 3.85. The van der Waals surface area contributed by atoms with E-state index in [1.165, 1.54) is 11.9 Å². The van der Waals surface area contributed by atoms with Gasteiger partial charge >= 0.3 is 6.03 Å². The number of anilines is 1. The number of urea groups is 1. The molecule has 0 saturated carbocycles. The lowest BCUT2D eigenvalue weighted by atomic mass is 10.3. The van der Waals surface area contributed by atoms with Gasteiger partial charge in [0.1, 0.15) is 0 Å². The Hall–Kier alpha value is -0.930. The van der Waals surface area contributed by atoms with Crippen LogP contribution >= 0.6 is 23.2 Å². The van der Waals surface area contributed by atoms with Crippen LogP contribution in [0, 0.1) is 0 Å². The SMILES string of the molecule is CN(C(N)=O)c1cccc(Cl)c1Cl. The summed E-state index contributed by atoms with van der Waals surface area (Å²) in [4.78, 5) is 12.0. The molecular weight excluding hydrogens is 211 g/mol. The van der Waals surface area contributed by atoms with Crippen LogP contribution in [0.4, 0.5) is 10.5 Å². The van der Waals surface area contributed by atoms with E-state index in [2.05, 4.69) is 0 Å². The van der Waals surface area contributed by atoms with Gasteiger partial charge in [0.25, 0.3) is 0 Å². The van der Waals surface area contributed by atoms with E-state index in [1.807, 2.05) is 0 Å². The molecule has 2 amide bonds. The van der Waals surface area contributed by atoms with Gasteiger partial charge in [-0.2, -0.15) is 0 Å². The van der Waals surface area contributed by atoms with Gasteiger partial charge < -0.3 is 5.73 Å². The molecule has 0 aliphatic rings. The third-order valence-corrected chi connectivity index (χ3v) is 2.43. The number of nitrogens with zero attached hydrogens (tertiary/aromatic N) is 1. The first kappa shape index (κ1) is 10.2. The van der Waals surface area contributed by atoms with Gasteiger partial charge in [-0.25, -0.2) is 4.79 Å². The molecule has 0 spiro atoms. The first-order valence-corrected chi connectivity index (χ1v) is 4.27. The highest BCUT2D eigenvalue weighted by Crippen LogP contribution is 2.31. The van der Waals surface area contributed by atoms with Crippen LogP contribution in [-0.2, 0) is 0 Å². The van der Waals surface area contributed by atoms with Gasteiger partial charge in [0.2, 0.25) is 0 Å². The fourth-order valence-corrected chi connectivity index (χ4v) is 1.29. The molecule has 2 N–H and O–H groups in total. The van der Waals surface area contributed by atoms with E-state index in [0.717, 1.165) is 0 Å². The maximum Gasteiger partial charge on any atom is 0.319 e. The van der Waals surface area contributed by atoms with Crippen LogP contribution < -0.4 is 10.6 Å². The summed E-state index contributed by atoms with van der Waals surface area (Å²) in [6, 6.07) is 4.42. The van der Waals surface area contributed by atoms with Gasteiger partial charge in [0, 0.05) is 7.05 Å². The zero-order valence-electron chi connectivity index (χ0n) is 6.92. The van der Waals surface area contributed by atoms with Gasteiger partial charge in [-0.05, 0) is 12.1 Å². The fraction of sp³-hybridized carbons (Fsp3) is 0.125. The highest BCUT2D eigenvalue weighted by molar-refractivity contribution is 6.44. The summed E-state index contributed by atoms with van der Waals surface area (Å²) in [7, 11) is 1.53. The van der Waals surface area contributed by atoms with Crippen molar-refractivity contribution in [1.82, 2.24) is 0 Å². The van der Waals surface area contributed by atoms with Crippen molar-refractivity contribution in [2.24, 2.45) is 5.73 Å². The van der Waals surface area contributed by atoms with Gasteiger partial charge in [-0.1, -0.05) is 29.3 Å². The van der Waals surface area contributed by atoms with Crippen molar-refractivity contribution >= 4 is 34.9 Å². The lowest BCUT2D eigenvalue weighted by Gasteiger charge is -2.15. The molecule has 0 fully saturated rings. The molecule has 0 atom stereocenters. The van der Waals surface area contributed by atoms with Crippen LogP contribution in [0.5, 0.6) is 0 Å². The first-order valence-electron chi connectivity index (χ1n) is 3.51. The van der Waals surface area contributed by atoms with Crippen molar-refractivity contribution in [3.63, 3.8) is 0 Å². The summed E-state index contributed by atoms with van der Waals surface area (Å²) in [5.74, 6) is 0. The minimum absolute atomic E-state index is 0.325. The standard InChI is InChI=1S/C8H8Cl2N2O/c1-12(8(11)13)6-4-2-3-5(9)7(6)10/h2-4H,1H3,(H2,11,13). The molecule has 13 heavy (non-hydrogen) atoms. The van der Waals surface area contributed by atoms with Crippen LogP contribution in [0.2, 0.25) is 10.0 Å². The predicted octanol–water partition coefficient (Wildman–Crippen LogP) is 2.51. The van der Waals surface area contributed by atoms with Gasteiger partial charge in [0.15, 0.2) is 0 Å². The minimum Gasteiger partial charge on any atom is -0.351 e. The van der Waals surface area contributed by atoms with Crippen LogP contribution in [0.3, 0.4) is 0 Å². The molecule has 0 bridgehead atoms. The molecule has 1 aromatic rings. The molecule has 0 radical (unpaired) electrons. The van der Waals surface area contributed by atoms with E-state index in [-0.39, 0.29) is 0 Å². The summed E-state index contributed by atoms with van der Waals surface area (Å²) in [5.41, 5.74) is 5.57. The monoisotopic (exact) mass is 218 g/mol. The number of nitrogens with two attached hydrogens (primary N) is 1. The molecule has 5 heteroatoms. The van der Waals surface area contributed by atoms with Crippen molar-refractivity contribution in [3.05, 3.63) is 28.2 Å². The molecule has 70 valence electrons. The second-order valence-corrected chi connectivity index (χ2v) is 3.26. The summed E-state index contributed by atoms with van der Waals surface area (Å²) >= 11 is 11.6. The first-order chi connectivity index (χ1) is 6.04. The van der Waals surface area contributed by atoms with E-state index in [9.17, 15) is 4.79 Å². The molecule has 0 aromatic heterocycles. The van der Waals surface area contributed by atoms with Crippen molar-refractivity contribution in [1.29, 1.82) is 0 Å². The number of primary amides is 1. The van der Waals surface area contributed by atoms with Gasteiger partial charge in [-0.15, -0.1) is 0 Å². The van der Waals surface area contributed by atoms with Crippen molar-refractivity contribution in [3.8, 4) is 0 Å². The highest BCUT2D eigenvalue weighted by Gasteiger charge is 2.11. The maximum absolute atomic E-state index is 10.8. The number of carbonyl (C=O) groups is 1. The zero-order chi connectivity index (χ0) is 10.0. The normalized spacial score (nSPS) is 9.77. The summed E-state index contributed by atoms with van der Waals surface area (Å²) in [6.45, 7) is 0. The number of halogens is 2. The molecule has 0 aliphatic heterocycles. The minimum atomic E-state index is -0.579. The molecule has 0 heterocycles. The van der Waals surface area contributed by atoms with E-state index in [0.29, 0.717) is 15.7 Å². The maximum atomic E-state index is 10.8. The molecule has 3 nitrogen and oxygen atoms in total. The topological polar surface area (TPSA) is 46.3 Å². The largest absolute Gasteiger partial charge is 0.351 e. The average Bonchev–Trinajstić information content (AvgIpc) is 2.08. The van der Waals surface area contributed by atoms with E-state index in [1.54, 1.807) is 18.2 Å². The van der Waals surface area contributed by atoms with Gasteiger partial charge in [-0.3, -0.25) is 4.90 Å². The third-order valence-electron chi connectivity index (χ3n) is 1.62. The number of carbonyl (C=O) groups excluding carboxylic acids is 1. The Bertz CT molecular complexity index is 341. The Balaban J connectivity index is 3.15. The number of hydrogen-bond acceptors (Lipinski definition) is 1. The Kier molecular flexibility index (Phi) is 3.01. The Morgan fingerprint density at radius 3 is 2.62 bits per heavy atom. The second-order valence-electron chi connectivity index (χ2n) is 2.47. The smallest absolute Gasteiger partial charge is 0.319 e.